The van der Waals surface area contributed by atoms with E-state index in [0.717, 1.165) is 0 Å². The van der Waals surface area contributed by atoms with Crippen molar-refractivity contribution in [3.8, 4) is 0 Å². The molecule has 0 aliphatic heterocycles. The standard InChI is InChI=1S/C16H15N5O4S2/c17-26(22,23)13-8-6-12(7-9-13)19-15-10-11-18-16(20-15)21-27(24,25)14-4-2-1-3-5-14/h1-11H,(H2,17,22,23)(H2,18,19,20,21). The van der Waals surface area contributed by atoms with Gasteiger partial charge in [-0.2, -0.15) is 4.98 Å². The van der Waals surface area contributed by atoms with E-state index >= 15 is 0 Å². The molecule has 2 aromatic carbocycles. The number of sulfonamides is 2. The molecule has 0 saturated carbocycles. The molecule has 0 aliphatic carbocycles. The average Bonchev–Trinajstić information content (AvgIpc) is 2.62. The highest BCUT2D eigenvalue weighted by atomic mass is 32.2. The van der Waals surface area contributed by atoms with Gasteiger partial charge in [-0.15, -0.1) is 0 Å². The third-order valence-corrected chi connectivity index (χ3v) is 5.66. The molecular formula is C16H15N5O4S2. The molecule has 3 rings (SSSR count). The Hall–Kier alpha value is -3.02. The molecule has 0 amide bonds. The van der Waals surface area contributed by atoms with E-state index in [1.165, 1.54) is 48.7 Å². The maximum atomic E-state index is 12.3. The first-order valence-electron chi connectivity index (χ1n) is 7.55. The lowest BCUT2D eigenvalue weighted by Crippen LogP contribution is -2.15. The molecule has 0 spiro atoms. The molecule has 0 unspecified atom stereocenters. The van der Waals surface area contributed by atoms with E-state index in [2.05, 4.69) is 20.0 Å². The third-order valence-electron chi connectivity index (χ3n) is 3.39. The summed E-state index contributed by atoms with van der Waals surface area (Å²) in [6.45, 7) is 0. The van der Waals surface area contributed by atoms with Gasteiger partial charge in [0.1, 0.15) is 5.82 Å². The third kappa shape index (κ3) is 4.78. The number of rotatable bonds is 6. The fourth-order valence-electron chi connectivity index (χ4n) is 2.13. The maximum absolute atomic E-state index is 12.3. The molecule has 3 aromatic rings. The van der Waals surface area contributed by atoms with E-state index in [1.54, 1.807) is 18.2 Å². The first kappa shape index (κ1) is 18.8. The Morgan fingerprint density at radius 3 is 2.11 bits per heavy atom. The van der Waals surface area contributed by atoms with Crippen LogP contribution in [0.2, 0.25) is 0 Å². The molecule has 1 aromatic heterocycles. The second-order valence-corrected chi connectivity index (χ2v) is 8.62. The van der Waals surface area contributed by atoms with E-state index in [4.69, 9.17) is 5.14 Å². The summed E-state index contributed by atoms with van der Waals surface area (Å²) < 4.78 is 49.5. The summed E-state index contributed by atoms with van der Waals surface area (Å²) in [7, 11) is -7.58. The molecule has 4 N–H and O–H groups in total. The minimum atomic E-state index is -3.81. The summed E-state index contributed by atoms with van der Waals surface area (Å²) in [6, 6.07) is 15.1. The fraction of sp³-hybridized carbons (Fsp3) is 0. The Bertz CT molecular complexity index is 1150. The van der Waals surface area contributed by atoms with Crippen LogP contribution in [-0.4, -0.2) is 26.8 Å². The molecular weight excluding hydrogens is 390 g/mol. The SMILES string of the molecule is NS(=O)(=O)c1ccc(Nc2ccnc(NS(=O)(=O)c3ccccc3)n2)cc1. The van der Waals surface area contributed by atoms with E-state index in [0.29, 0.717) is 11.5 Å². The second kappa shape index (κ2) is 7.31. The average molecular weight is 405 g/mol. The zero-order valence-electron chi connectivity index (χ0n) is 13.8. The lowest BCUT2D eigenvalue weighted by Gasteiger charge is -2.09. The molecule has 0 fully saturated rings. The maximum Gasteiger partial charge on any atom is 0.264 e. The highest BCUT2D eigenvalue weighted by Gasteiger charge is 2.15. The van der Waals surface area contributed by atoms with Gasteiger partial charge in [0.15, 0.2) is 0 Å². The van der Waals surface area contributed by atoms with Crippen molar-refractivity contribution in [2.75, 3.05) is 10.0 Å². The van der Waals surface area contributed by atoms with Crippen LogP contribution in [0.15, 0.2) is 76.7 Å². The van der Waals surface area contributed by atoms with E-state index in [9.17, 15) is 16.8 Å². The van der Waals surface area contributed by atoms with Crippen molar-refractivity contribution in [3.05, 3.63) is 66.9 Å². The van der Waals surface area contributed by atoms with Gasteiger partial charge in [-0.3, -0.25) is 0 Å². The molecule has 27 heavy (non-hydrogen) atoms. The Balaban J connectivity index is 1.78. The number of nitrogens with one attached hydrogen (secondary N) is 2. The number of anilines is 3. The number of aromatic nitrogens is 2. The molecule has 11 heteroatoms. The largest absolute Gasteiger partial charge is 0.340 e. The summed E-state index contributed by atoms with van der Waals surface area (Å²) >= 11 is 0. The second-order valence-electron chi connectivity index (χ2n) is 5.38. The number of hydrogen-bond donors (Lipinski definition) is 3. The van der Waals surface area contributed by atoms with Crippen molar-refractivity contribution >= 4 is 37.5 Å². The highest BCUT2D eigenvalue weighted by molar-refractivity contribution is 7.92. The first-order chi connectivity index (χ1) is 12.7. The minimum absolute atomic E-state index is 0.0213. The normalized spacial score (nSPS) is 11.7. The molecule has 0 aliphatic rings. The summed E-state index contributed by atoms with van der Waals surface area (Å²) in [4.78, 5) is 8.06. The van der Waals surface area contributed by atoms with Gasteiger partial charge in [-0.1, -0.05) is 18.2 Å². The summed E-state index contributed by atoms with van der Waals surface area (Å²) in [6.07, 6.45) is 1.39. The van der Waals surface area contributed by atoms with E-state index in [1.807, 2.05) is 0 Å². The molecule has 0 saturated heterocycles. The fourth-order valence-corrected chi connectivity index (χ4v) is 3.62. The highest BCUT2D eigenvalue weighted by Crippen LogP contribution is 2.18. The molecule has 0 radical (unpaired) electrons. The molecule has 140 valence electrons. The zero-order chi connectivity index (χ0) is 19.5. The first-order valence-corrected chi connectivity index (χ1v) is 10.6. The van der Waals surface area contributed by atoms with Gasteiger partial charge in [0, 0.05) is 11.9 Å². The van der Waals surface area contributed by atoms with Crippen LogP contribution in [0, 0.1) is 0 Å². The van der Waals surface area contributed by atoms with Crippen LogP contribution in [0.1, 0.15) is 0 Å². The Kier molecular flexibility index (Phi) is 5.08. The van der Waals surface area contributed by atoms with Crippen molar-refractivity contribution in [2.45, 2.75) is 9.79 Å². The van der Waals surface area contributed by atoms with Crippen molar-refractivity contribution in [1.82, 2.24) is 9.97 Å². The van der Waals surface area contributed by atoms with E-state index in [-0.39, 0.29) is 15.7 Å². The zero-order valence-corrected chi connectivity index (χ0v) is 15.4. The molecule has 0 bridgehead atoms. The molecule has 0 atom stereocenters. The predicted octanol–water partition coefficient (Wildman–Crippen LogP) is 1.67. The van der Waals surface area contributed by atoms with Gasteiger partial charge in [-0.05, 0) is 42.5 Å². The van der Waals surface area contributed by atoms with Crippen LogP contribution >= 0.6 is 0 Å². The van der Waals surface area contributed by atoms with Crippen LogP contribution < -0.4 is 15.2 Å². The van der Waals surface area contributed by atoms with Crippen molar-refractivity contribution in [3.63, 3.8) is 0 Å². The predicted molar refractivity (Wildman–Crippen MR) is 100 cm³/mol. The van der Waals surface area contributed by atoms with Crippen LogP contribution in [0.5, 0.6) is 0 Å². The smallest absolute Gasteiger partial charge is 0.264 e. The van der Waals surface area contributed by atoms with Crippen LogP contribution in [-0.2, 0) is 20.0 Å². The monoisotopic (exact) mass is 405 g/mol. The Morgan fingerprint density at radius 1 is 0.815 bits per heavy atom. The van der Waals surface area contributed by atoms with Crippen LogP contribution in [0.4, 0.5) is 17.5 Å². The van der Waals surface area contributed by atoms with Gasteiger partial charge >= 0.3 is 0 Å². The van der Waals surface area contributed by atoms with Crippen LogP contribution in [0.25, 0.3) is 0 Å². The topological polar surface area (TPSA) is 144 Å². The van der Waals surface area contributed by atoms with Gasteiger partial charge in [0.2, 0.25) is 16.0 Å². The number of hydrogen-bond acceptors (Lipinski definition) is 7. The quantitative estimate of drug-likeness (QED) is 0.566. The van der Waals surface area contributed by atoms with Gasteiger partial charge in [0.05, 0.1) is 9.79 Å². The Morgan fingerprint density at radius 2 is 1.48 bits per heavy atom. The minimum Gasteiger partial charge on any atom is -0.340 e. The lowest BCUT2D eigenvalue weighted by molar-refractivity contribution is 0.597. The number of benzene rings is 2. The summed E-state index contributed by atoms with van der Waals surface area (Å²) in [5, 5.41) is 7.98. The number of primary sulfonamides is 1. The van der Waals surface area contributed by atoms with Crippen molar-refractivity contribution in [2.24, 2.45) is 5.14 Å². The summed E-state index contributed by atoms with van der Waals surface area (Å²) in [5.41, 5.74) is 0.540. The molecule has 9 nitrogen and oxygen atoms in total. The summed E-state index contributed by atoms with van der Waals surface area (Å²) in [5.74, 6) is 0.212. The van der Waals surface area contributed by atoms with Crippen molar-refractivity contribution < 1.29 is 16.8 Å². The van der Waals surface area contributed by atoms with Crippen molar-refractivity contribution in [1.29, 1.82) is 0 Å². The molecule has 1 heterocycles. The Labute approximate surface area is 156 Å². The van der Waals surface area contributed by atoms with Gasteiger partial charge < -0.3 is 5.32 Å². The van der Waals surface area contributed by atoms with Crippen LogP contribution in [0.3, 0.4) is 0 Å². The number of nitrogens with zero attached hydrogens (tertiary/aromatic N) is 2. The van der Waals surface area contributed by atoms with Gasteiger partial charge in [0.25, 0.3) is 10.0 Å². The number of nitrogens with two attached hydrogens (primary N) is 1. The van der Waals surface area contributed by atoms with Gasteiger partial charge in [-0.25, -0.2) is 31.7 Å². The van der Waals surface area contributed by atoms with E-state index < -0.39 is 20.0 Å². The lowest BCUT2D eigenvalue weighted by atomic mass is 10.3.